The number of aromatic amines is 1. The monoisotopic (exact) mass is 368 g/mol. The molecule has 0 unspecified atom stereocenters. The smallest absolute Gasteiger partial charge is 0.291 e. The fourth-order valence-electron chi connectivity index (χ4n) is 4.56. The number of hydrogen-bond donors (Lipinski definition) is 2. The van der Waals surface area contributed by atoms with E-state index in [9.17, 15) is 4.79 Å². The largest absolute Gasteiger partial charge is 0.497 e. The summed E-state index contributed by atoms with van der Waals surface area (Å²) < 4.78 is 5.37. The summed E-state index contributed by atoms with van der Waals surface area (Å²) in [6, 6.07) is 6.26. The molecule has 6 heteroatoms. The number of nitrogens with one attached hydrogen (secondary N) is 1. The van der Waals surface area contributed by atoms with Crippen molar-refractivity contribution in [2.45, 2.75) is 45.1 Å². The maximum absolute atomic E-state index is 12.5. The van der Waals surface area contributed by atoms with Crippen LogP contribution in [0.2, 0.25) is 0 Å². The van der Waals surface area contributed by atoms with Crippen LogP contribution in [0.3, 0.4) is 0 Å². The highest BCUT2D eigenvalue weighted by Gasteiger charge is 2.46. The zero-order valence-electron chi connectivity index (χ0n) is 16.3. The summed E-state index contributed by atoms with van der Waals surface area (Å²) in [5, 5.41) is 0. The lowest BCUT2D eigenvalue weighted by Crippen LogP contribution is -2.46. The minimum atomic E-state index is -0.0964. The predicted octanol–water partition coefficient (Wildman–Crippen LogP) is 2.74. The van der Waals surface area contributed by atoms with E-state index in [4.69, 9.17) is 10.5 Å². The summed E-state index contributed by atoms with van der Waals surface area (Å²) in [6.45, 7) is 5.70. The fraction of sp³-hybridized carbons (Fsp3) is 0.524. The summed E-state index contributed by atoms with van der Waals surface area (Å²) in [7, 11) is 1.69. The summed E-state index contributed by atoms with van der Waals surface area (Å²) in [5.41, 5.74) is 10.1. The first-order valence-electron chi connectivity index (χ1n) is 9.70. The van der Waals surface area contributed by atoms with E-state index in [0.29, 0.717) is 5.82 Å². The molecule has 1 spiro atoms. The number of rotatable bonds is 3. The number of fused-ring (bicyclic) bond motifs is 1. The van der Waals surface area contributed by atoms with Crippen LogP contribution in [0.15, 0.2) is 29.2 Å². The number of ether oxygens (including phenoxy) is 1. The molecular weight excluding hydrogens is 340 g/mol. The molecule has 1 atom stereocenters. The van der Waals surface area contributed by atoms with Crippen LogP contribution < -0.4 is 20.9 Å². The molecule has 1 fully saturated rings. The number of nitrogens with zero attached hydrogens (tertiary/aromatic N) is 2. The van der Waals surface area contributed by atoms with Crippen molar-refractivity contribution >= 4 is 5.82 Å². The first kappa shape index (κ1) is 18.0. The van der Waals surface area contributed by atoms with Gasteiger partial charge < -0.3 is 20.4 Å². The van der Waals surface area contributed by atoms with E-state index in [-0.39, 0.29) is 22.9 Å². The number of piperidine rings is 1. The van der Waals surface area contributed by atoms with Gasteiger partial charge in [-0.3, -0.25) is 4.79 Å². The van der Waals surface area contributed by atoms with Crippen LogP contribution in [0.4, 0.5) is 5.82 Å². The van der Waals surface area contributed by atoms with Gasteiger partial charge in [0, 0.05) is 31.0 Å². The second-order valence-corrected chi connectivity index (χ2v) is 8.21. The van der Waals surface area contributed by atoms with Gasteiger partial charge in [-0.2, -0.15) is 0 Å². The van der Waals surface area contributed by atoms with Crippen LogP contribution in [0, 0.1) is 5.41 Å². The van der Waals surface area contributed by atoms with Gasteiger partial charge in [0.15, 0.2) is 5.82 Å². The molecule has 6 nitrogen and oxygen atoms in total. The Labute approximate surface area is 159 Å². The van der Waals surface area contributed by atoms with Crippen LogP contribution in [0.5, 0.6) is 5.75 Å². The molecule has 144 valence electrons. The molecule has 0 bridgehead atoms. The molecule has 3 N–H and O–H groups in total. The van der Waals surface area contributed by atoms with Crippen LogP contribution >= 0.6 is 0 Å². The van der Waals surface area contributed by atoms with Crippen LogP contribution in [0.25, 0.3) is 0 Å². The SMILES string of the molecule is COc1ccc2c(c1)CC1(CCN(c3ncc(C(C)C)[nH]c3=O)CC1)[C@@H]2N. The molecule has 2 aliphatic rings. The van der Waals surface area contributed by atoms with E-state index < -0.39 is 0 Å². The van der Waals surface area contributed by atoms with Crippen molar-refractivity contribution in [3.05, 3.63) is 51.6 Å². The molecule has 1 aliphatic heterocycles. The van der Waals surface area contributed by atoms with Crippen LogP contribution in [0.1, 0.15) is 55.5 Å². The number of hydrogen-bond acceptors (Lipinski definition) is 5. The zero-order valence-corrected chi connectivity index (χ0v) is 16.3. The van der Waals surface area contributed by atoms with Gasteiger partial charge in [-0.15, -0.1) is 0 Å². The summed E-state index contributed by atoms with van der Waals surface area (Å²) in [6.07, 6.45) is 4.68. The number of methoxy groups -OCH3 is 1. The molecule has 1 aliphatic carbocycles. The second kappa shape index (κ2) is 6.68. The van der Waals surface area contributed by atoms with Crippen molar-refractivity contribution in [2.24, 2.45) is 11.1 Å². The molecule has 0 amide bonds. The van der Waals surface area contributed by atoms with Crippen molar-refractivity contribution in [1.82, 2.24) is 9.97 Å². The molecule has 0 saturated carbocycles. The van der Waals surface area contributed by atoms with Crippen LogP contribution in [-0.4, -0.2) is 30.2 Å². The molecule has 0 radical (unpaired) electrons. The number of benzene rings is 1. The van der Waals surface area contributed by atoms with Gasteiger partial charge >= 0.3 is 0 Å². The summed E-state index contributed by atoms with van der Waals surface area (Å²) >= 11 is 0. The van der Waals surface area contributed by atoms with E-state index in [1.54, 1.807) is 13.3 Å². The minimum absolute atomic E-state index is 0.0371. The maximum atomic E-state index is 12.5. The van der Waals surface area contributed by atoms with Crippen molar-refractivity contribution in [3.8, 4) is 5.75 Å². The Balaban J connectivity index is 1.52. The average molecular weight is 368 g/mol. The van der Waals surface area contributed by atoms with Gasteiger partial charge in [-0.25, -0.2) is 4.98 Å². The molecule has 1 saturated heterocycles. The van der Waals surface area contributed by atoms with Crippen molar-refractivity contribution < 1.29 is 4.74 Å². The van der Waals surface area contributed by atoms with E-state index >= 15 is 0 Å². The number of nitrogens with two attached hydrogens (primary N) is 1. The van der Waals surface area contributed by atoms with E-state index in [1.807, 2.05) is 19.9 Å². The van der Waals surface area contributed by atoms with Crippen molar-refractivity contribution in [1.29, 1.82) is 0 Å². The fourth-order valence-corrected chi connectivity index (χ4v) is 4.56. The van der Waals surface area contributed by atoms with Crippen molar-refractivity contribution in [2.75, 3.05) is 25.1 Å². The van der Waals surface area contributed by atoms with Gasteiger partial charge in [0.2, 0.25) is 0 Å². The topological polar surface area (TPSA) is 84.2 Å². The molecule has 2 heterocycles. The Hall–Kier alpha value is -2.34. The number of aromatic nitrogens is 2. The second-order valence-electron chi connectivity index (χ2n) is 8.21. The molecule has 1 aromatic carbocycles. The Morgan fingerprint density at radius 2 is 2.07 bits per heavy atom. The van der Waals surface area contributed by atoms with Gasteiger partial charge in [0.05, 0.1) is 7.11 Å². The van der Waals surface area contributed by atoms with Gasteiger partial charge in [-0.1, -0.05) is 19.9 Å². The quantitative estimate of drug-likeness (QED) is 0.870. The van der Waals surface area contributed by atoms with Gasteiger partial charge in [0.1, 0.15) is 5.75 Å². The zero-order chi connectivity index (χ0) is 19.2. The highest BCUT2D eigenvalue weighted by molar-refractivity contribution is 5.45. The summed E-state index contributed by atoms with van der Waals surface area (Å²) in [5.74, 6) is 1.67. The highest BCUT2D eigenvalue weighted by Crippen LogP contribution is 2.51. The van der Waals surface area contributed by atoms with E-state index in [1.165, 1.54) is 11.1 Å². The normalized spacial score (nSPS) is 20.9. The third kappa shape index (κ3) is 3.02. The highest BCUT2D eigenvalue weighted by atomic mass is 16.5. The Kier molecular flexibility index (Phi) is 4.46. The van der Waals surface area contributed by atoms with Crippen molar-refractivity contribution in [3.63, 3.8) is 0 Å². The number of H-pyrrole nitrogens is 1. The lowest BCUT2D eigenvalue weighted by molar-refractivity contribution is 0.187. The van der Waals surface area contributed by atoms with Gasteiger partial charge in [-0.05, 0) is 53.9 Å². The van der Waals surface area contributed by atoms with Crippen LogP contribution in [-0.2, 0) is 6.42 Å². The van der Waals surface area contributed by atoms with E-state index in [0.717, 1.165) is 43.8 Å². The standard InChI is InChI=1S/C21H28N4O2/c1-13(2)17-12-23-19(20(26)24-17)25-8-6-21(7-9-25)11-14-10-15(27-3)4-5-16(14)18(21)22/h4-5,10,12-13,18H,6-9,11,22H2,1-3H3,(H,24,26)/t18-/m1/s1. The Morgan fingerprint density at radius 1 is 1.33 bits per heavy atom. The minimum Gasteiger partial charge on any atom is -0.497 e. The maximum Gasteiger partial charge on any atom is 0.291 e. The predicted molar refractivity (Wildman–Crippen MR) is 106 cm³/mol. The first-order chi connectivity index (χ1) is 12.9. The van der Waals surface area contributed by atoms with Gasteiger partial charge in [0.25, 0.3) is 5.56 Å². The molecule has 27 heavy (non-hydrogen) atoms. The first-order valence-corrected chi connectivity index (χ1v) is 9.70. The number of anilines is 1. The molecule has 2 aromatic rings. The Morgan fingerprint density at radius 3 is 2.70 bits per heavy atom. The third-order valence-electron chi connectivity index (χ3n) is 6.36. The average Bonchev–Trinajstić information content (AvgIpc) is 2.93. The van der Waals surface area contributed by atoms with E-state index in [2.05, 4.69) is 27.0 Å². The Bertz CT molecular complexity index is 897. The third-order valence-corrected chi connectivity index (χ3v) is 6.36. The molecular formula is C21H28N4O2. The lowest BCUT2D eigenvalue weighted by atomic mass is 9.73. The molecule has 4 rings (SSSR count). The lowest BCUT2D eigenvalue weighted by Gasteiger charge is -2.42. The molecule has 1 aromatic heterocycles. The summed E-state index contributed by atoms with van der Waals surface area (Å²) in [4.78, 5) is 22.0.